The number of rotatable bonds is 12. The highest BCUT2D eigenvalue weighted by Gasteiger charge is 2.22. The van der Waals surface area contributed by atoms with Crippen molar-refractivity contribution in [3.63, 3.8) is 0 Å². The van der Waals surface area contributed by atoms with E-state index in [1.165, 1.54) is 12.8 Å². The molecule has 0 saturated carbocycles. The molecular weight excluding hydrogens is 280 g/mol. The van der Waals surface area contributed by atoms with Gasteiger partial charge < -0.3 is 10.4 Å². The average molecular weight is 314 g/mol. The lowest BCUT2D eigenvalue weighted by molar-refractivity contribution is -0.140. The van der Waals surface area contributed by atoms with Gasteiger partial charge >= 0.3 is 5.97 Å². The summed E-state index contributed by atoms with van der Waals surface area (Å²) in [5.74, 6) is -0.700. The van der Waals surface area contributed by atoms with Gasteiger partial charge in [-0.1, -0.05) is 26.2 Å². The predicted molar refractivity (Wildman–Crippen MR) is 89.9 cm³/mol. The number of carbonyl (C=O) groups is 2. The SMILES string of the molecule is CCCCCCC(=O)NCCCC[C@H](NC(C)(C)C)C(=O)O. The monoisotopic (exact) mass is 314 g/mol. The van der Waals surface area contributed by atoms with Crippen molar-refractivity contribution in [3.8, 4) is 0 Å². The van der Waals surface area contributed by atoms with E-state index >= 15 is 0 Å². The summed E-state index contributed by atoms with van der Waals surface area (Å²) in [6.45, 7) is 8.67. The van der Waals surface area contributed by atoms with E-state index in [4.69, 9.17) is 0 Å². The van der Waals surface area contributed by atoms with E-state index in [1.807, 2.05) is 20.8 Å². The Labute approximate surface area is 135 Å². The van der Waals surface area contributed by atoms with Crippen LogP contribution in [0, 0.1) is 0 Å². The second-order valence-corrected chi connectivity index (χ2v) is 6.94. The van der Waals surface area contributed by atoms with Crippen molar-refractivity contribution in [2.24, 2.45) is 0 Å². The number of amides is 1. The first-order valence-corrected chi connectivity index (χ1v) is 8.53. The zero-order valence-corrected chi connectivity index (χ0v) is 14.7. The lowest BCUT2D eigenvalue weighted by Crippen LogP contribution is -2.47. The molecule has 0 aliphatic heterocycles. The molecule has 0 aromatic rings. The molecule has 0 radical (unpaired) electrons. The van der Waals surface area contributed by atoms with Crippen LogP contribution in [0.25, 0.3) is 0 Å². The molecule has 0 rings (SSSR count). The number of hydrogen-bond acceptors (Lipinski definition) is 3. The largest absolute Gasteiger partial charge is 0.480 e. The van der Waals surface area contributed by atoms with Crippen molar-refractivity contribution < 1.29 is 14.7 Å². The van der Waals surface area contributed by atoms with Gasteiger partial charge in [-0.2, -0.15) is 0 Å². The number of carbonyl (C=O) groups excluding carboxylic acids is 1. The molecule has 1 atom stereocenters. The average Bonchev–Trinajstić information content (AvgIpc) is 2.40. The quantitative estimate of drug-likeness (QED) is 0.484. The minimum Gasteiger partial charge on any atom is -0.480 e. The topological polar surface area (TPSA) is 78.4 Å². The Hall–Kier alpha value is -1.10. The van der Waals surface area contributed by atoms with Crippen molar-refractivity contribution >= 4 is 11.9 Å². The molecule has 0 saturated heterocycles. The van der Waals surface area contributed by atoms with Gasteiger partial charge in [0.15, 0.2) is 0 Å². The Kier molecular flexibility index (Phi) is 10.9. The first-order chi connectivity index (χ1) is 10.3. The Balaban J connectivity index is 3.73. The van der Waals surface area contributed by atoms with Crippen LogP contribution < -0.4 is 10.6 Å². The molecule has 3 N–H and O–H groups in total. The maximum absolute atomic E-state index is 11.6. The summed E-state index contributed by atoms with van der Waals surface area (Å²) in [7, 11) is 0. The van der Waals surface area contributed by atoms with Crippen LogP contribution in [0.3, 0.4) is 0 Å². The van der Waals surface area contributed by atoms with Crippen LogP contribution in [0.4, 0.5) is 0 Å². The number of carboxylic acids is 1. The smallest absolute Gasteiger partial charge is 0.320 e. The molecule has 0 aromatic heterocycles. The first kappa shape index (κ1) is 20.9. The van der Waals surface area contributed by atoms with E-state index in [0.717, 1.165) is 25.7 Å². The van der Waals surface area contributed by atoms with Gasteiger partial charge in [-0.25, -0.2) is 0 Å². The van der Waals surface area contributed by atoms with Crippen molar-refractivity contribution in [1.29, 1.82) is 0 Å². The normalized spacial score (nSPS) is 12.9. The van der Waals surface area contributed by atoms with E-state index in [0.29, 0.717) is 19.4 Å². The predicted octanol–water partition coefficient (Wildman–Crippen LogP) is 3.08. The Bertz CT molecular complexity index is 324. The van der Waals surface area contributed by atoms with Gasteiger partial charge in [0.25, 0.3) is 0 Å². The summed E-state index contributed by atoms with van der Waals surface area (Å²) in [6.07, 6.45) is 7.22. The van der Waals surface area contributed by atoms with Gasteiger partial charge in [-0.3, -0.25) is 14.9 Å². The van der Waals surface area contributed by atoms with Crippen LogP contribution in [0.2, 0.25) is 0 Å². The van der Waals surface area contributed by atoms with Gasteiger partial charge in [0.05, 0.1) is 0 Å². The van der Waals surface area contributed by atoms with Gasteiger partial charge in [-0.15, -0.1) is 0 Å². The van der Waals surface area contributed by atoms with Crippen molar-refractivity contribution in [2.75, 3.05) is 6.54 Å². The van der Waals surface area contributed by atoms with E-state index in [1.54, 1.807) is 0 Å². The molecule has 0 aliphatic carbocycles. The minimum atomic E-state index is -0.810. The number of aliphatic carboxylic acids is 1. The number of carboxylic acid groups (broad SMARTS) is 1. The molecule has 22 heavy (non-hydrogen) atoms. The Morgan fingerprint density at radius 3 is 2.27 bits per heavy atom. The van der Waals surface area contributed by atoms with E-state index in [2.05, 4.69) is 17.6 Å². The molecule has 1 amide bonds. The highest BCUT2D eigenvalue weighted by Crippen LogP contribution is 2.08. The standard InChI is InChI=1S/C17H34N2O3/c1-5-6-7-8-12-15(20)18-13-10-9-11-14(16(21)22)19-17(2,3)4/h14,19H,5-13H2,1-4H3,(H,18,20)(H,21,22)/t14-/m0/s1. The van der Waals surface area contributed by atoms with Crippen LogP contribution in [0.5, 0.6) is 0 Å². The van der Waals surface area contributed by atoms with E-state index < -0.39 is 12.0 Å². The third-order valence-electron chi connectivity index (χ3n) is 3.40. The van der Waals surface area contributed by atoms with Crippen LogP contribution in [0.15, 0.2) is 0 Å². The molecule has 0 unspecified atom stereocenters. The Morgan fingerprint density at radius 1 is 1.05 bits per heavy atom. The molecule has 0 heterocycles. The molecule has 0 spiro atoms. The molecule has 0 fully saturated rings. The molecule has 0 aliphatic rings. The number of hydrogen-bond donors (Lipinski definition) is 3. The molecular formula is C17H34N2O3. The molecule has 5 nitrogen and oxygen atoms in total. The first-order valence-electron chi connectivity index (χ1n) is 8.53. The molecule has 0 bridgehead atoms. The molecule has 0 aromatic carbocycles. The summed E-state index contributed by atoms with van der Waals surface area (Å²) in [5, 5.41) is 15.2. The maximum Gasteiger partial charge on any atom is 0.320 e. The number of nitrogens with one attached hydrogen (secondary N) is 2. The lowest BCUT2D eigenvalue weighted by Gasteiger charge is -2.26. The summed E-state index contributed by atoms with van der Waals surface area (Å²) < 4.78 is 0. The van der Waals surface area contributed by atoms with E-state index in [-0.39, 0.29) is 11.4 Å². The third-order valence-corrected chi connectivity index (χ3v) is 3.40. The second-order valence-electron chi connectivity index (χ2n) is 6.94. The van der Waals surface area contributed by atoms with Gasteiger partial charge in [0.1, 0.15) is 6.04 Å². The van der Waals surface area contributed by atoms with Crippen LogP contribution in [0.1, 0.15) is 79.1 Å². The number of unbranched alkanes of at least 4 members (excludes halogenated alkanes) is 4. The van der Waals surface area contributed by atoms with E-state index in [9.17, 15) is 14.7 Å². The van der Waals surface area contributed by atoms with Gasteiger partial charge in [0, 0.05) is 18.5 Å². The Morgan fingerprint density at radius 2 is 1.73 bits per heavy atom. The summed E-state index contributed by atoms with van der Waals surface area (Å²) in [5.41, 5.74) is -0.213. The maximum atomic E-state index is 11.6. The van der Waals surface area contributed by atoms with Crippen LogP contribution in [-0.2, 0) is 9.59 Å². The fraction of sp³-hybridized carbons (Fsp3) is 0.882. The summed E-state index contributed by atoms with van der Waals surface area (Å²) in [4.78, 5) is 22.8. The summed E-state index contributed by atoms with van der Waals surface area (Å²) >= 11 is 0. The summed E-state index contributed by atoms with van der Waals surface area (Å²) in [6, 6.07) is -0.523. The lowest BCUT2D eigenvalue weighted by atomic mass is 10.0. The van der Waals surface area contributed by atoms with Crippen LogP contribution in [-0.4, -0.2) is 35.1 Å². The zero-order chi connectivity index (χ0) is 17.0. The molecule has 130 valence electrons. The highest BCUT2D eigenvalue weighted by atomic mass is 16.4. The van der Waals surface area contributed by atoms with Crippen molar-refractivity contribution in [2.45, 2.75) is 90.6 Å². The molecule has 5 heteroatoms. The second kappa shape index (κ2) is 11.5. The van der Waals surface area contributed by atoms with Crippen LogP contribution >= 0.6 is 0 Å². The zero-order valence-electron chi connectivity index (χ0n) is 14.7. The fourth-order valence-electron chi connectivity index (χ4n) is 2.28. The van der Waals surface area contributed by atoms with Gasteiger partial charge in [-0.05, 0) is 46.5 Å². The third kappa shape index (κ3) is 12.6. The van der Waals surface area contributed by atoms with Crippen molar-refractivity contribution in [1.82, 2.24) is 10.6 Å². The van der Waals surface area contributed by atoms with Crippen molar-refractivity contribution in [3.05, 3.63) is 0 Å². The fourth-order valence-corrected chi connectivity index (χ4v) is 2.28. The van der Waals surface area contributed by atoms with Gasteiger partial charge in [0.2, 0.25) is 5.91 Å². The highest BCUT2D eigenvalue weighted by molar-refractivity contribution is 5.75. The minimum absolute atomic E-state index is 0.110.